The van der Waals surface area contributed by atoms with E-state index in [0.29, 0.717) is 6.04 Å². The molecule has 2 aliphatic rings. The molecule has 0 amide bonds. The van der Waals surface area contributed by atoms with Gasteiger partial charge in [0.15, 0.2) is 0 Å². The number of nitrogens with one attached hydrogen (secondary N) is 1. The molecular weight excluding hydrogens is 274 g/mol. The quantitative estimate of drug-likeness (QED) is 0.919. The van der Waals surface area contributed by atoms with Crippen molar-refractivity contribution in [3.8, 4) is 11.3 Å². The zero-order valence-corrected chi connectivity index (χ0v) is 13.1. The first-order chi connectivity index (χ1) is 10.8. The Kier molecular flexibility index (Phi) is 3.68. The molecule has 1 saturated heterocycles. The SMILES string of the molecule is CN1CCC(n2nc(-c3ccncc3)c3c2CCNC3)CC1. The highest BCUT2D eigenvalue weighted by molar-refractivity contribution is 5.64. The van der Waals surface area contributed by atoms with Gasteiger partial charge in [-0.05, 0) is 45.1 Å². The number of pyridine rings is 1. The van der Waals surface area contributed by atoms with Gasteiger partial charge in [0.1, 0.15) is 0 Å². The predicted octanol–water partition coefficient (Wildman–Crippen LogP) is 1.86. The van der Waals surface area contributed by atoms with E-state index in [9.17, 15) is 0 Å². The van der Waals surface area contributed by atoms with Crippen molar-refractivity contribution in [1.29, 1.82) is 0 Å². The van der Waals surface area contributed by atoms with Crippen LogP contribution >= 0.6 is 0 Å². The van der Waals surface area contributed by atoms with Crippen LogP contribution in [0.15, 0.2) is 24.5 Å². The lowest BCUT2D eigenvalue weighted by atomic mass is 10.0. The molecule has 1 fully saturated rings. The van der Waals surface area contributed by atoms with Gasteiger partial charge in [0.2, 0.25) is 0 Å². The van der Waals surface area contributed by atoms with E-state index in [1.807, 2.05) is 12.4 Å². The second-order valence-corrected chi connectivity index (χ2v) is 6.42. The molecular formula is C17H23N5. The van der Waals surface area contributed by atoms with Gasteiger partial charge in [-0.15, -0.1) is 0 Å². The fourth-order valence-corrected chi connectivity index (χ4v) is 3.66. The summed E-state index contributed by atoms with van der Waals surface area (Å²) in [6.45, 7) is 4.32. The fourth-order valence-electron chi connectivity index (χ4n) is 3.66. The van der Waals surface area contributed by atoms with E-state index in [-0.39, 0.29) is 0 Å². The molecule has 4 heterocycles. The molecule has 4 rings (SSSR count). The minimum absolute atomic E-state index is 0.554. The number of hydrogen-bond donors (Lipinski definition) is 1. The lowest BCUT2D eigenvalue weighted by Crippen LogP contribution is -2.33. The lowest BCUT2D eigenvalue weighted by Gasteiger charge is -2.30. The minimum Gasteiger partial charge on any atom is -0.312 e. The summed E-state index contributed by atoms with van der Waals surface area (Å²) in [7, 11) is 2.21. The van der Waals surface area contributed by atoms with Crippen LogP contribution in [0, 0.1) is 0 Å². The number of fused-ring (bicyclic) bond motifs is 1. The number of hydrogen-bond acceptors (Lipinski definition) is 4. The Labute approximate surface area is 131 Å². The third-order valence-corrected chi connectivity index (χ3v) is 4.95. The molecule has 2 aromatic rings. The van der Waals surface area contributed by atoms with Gasteiger partial charge in [0, 0.05) is 48.7 Å². The monoisotopic (exact) mass is 297 g/mol. The Morgan fingerprint density at radius 1 is 1.18 bits per heavy atom. The maximum absolute atomic E-state index is 5.04. The van der Waals surface area contributed by atoms with Gasteiger partial charge in [-0.25, -0.2) is 0 Å². The van der Waals surface area contributed by atoms with Gasteiger partial charge in [-0.1, -0.05) is 0 Å². The molecule has 1 N–H and O–H groups in total. The minimum atomic E-state index is 0.554. The summed E-state index contributed by atoms with van der Waals surface area (Å²) in [6, 6.07) is 4.69. The number of aromatic nitrogens is 3. The van der Waals surface area contributed by atoms with Crippen LogP contribution in [-0.4, -0.2) is 46.3 Å². The van der Waals surface area contributed by atoms with E-state index < -0.39 is 0 Å². The summed E-state index contributed by atoms with van der Waals surface area (Å²) < 4.78 is 2.35. The zero-order valence-electron chi connectivity index (χ0n) is 13.1. The van der Waals surface area contributed by atoms with Gasteiger partial charge in [-0.3, -0.25) is 9.67 Å². The van der Waals surface area contributed by atoms with Crippen molar-refractivity contribution < 1.29 is 0 Å². The summed E-state index contributed by atoms with van der Waals surface area (Å²) in [4.78, 5) is 6.55. The summed E-state index contributed by atoms with van der Waals surface area (Å²) in [5.74, 6) is 0. The highest BCUT2D eigenvalue weighted by Gasteiger charge is 2.27. The van der Waals surface area contributed by atoms with Crippen LogP contribution in [-0.2, 0) is 13.0 Å². The molecule has 5 heteroatoms. The first-order valence-corrected chi connectivity index (χ1v) is 8.23. The Balaban J connectivity index is 1.74. The van der Waals surface area contributed by atoms with E-state index in [0.717, 1.165) is 25.2 Å². The Hall–Kier alpha value is -1.72. The molecule has 0 bridgehead atoms. The highest BCUT2D eigenvalue weighted by atomic mass is 15.3. The van der Waals surface area contributed by atoms with Crippen molar-refractivity contribution in [1.82, 2.24) is 25.0 Å². The van der Waals surface area contributed by atoms with Gasteiger partial charge < -0.3 is 10.2 Å². The summed E-state index contributed by atoms with van der Waals surface area (Å²) in [5, 5.41) is 8.54. The number of nitrogens with zero attached hydrogens (tertiary/aromatic N) is 4. The molecule has 0 unspecified atom stereocenters. The largest absolute Gasteiger partial charge is 0.312 e. The third kappa shape index (κ3) is 2.44. The maximum atomic E-state index is 5.04. The summed E-state index contributed by atoms with van der Waals surface area (Å²) in [6.07, 6.45) is 7.20. The normalized spacial score (nSPS) is 20.0. The number of likely N-dealkylation sites (tertiary alicyclic amines) is 1. The highest BCUT2D eigenvalue weighted by Crippen LogP contribution is 2.32. The molecule has 116 valence electrons. The van der Waals surface area contributed by atoms with Gasteiger partial charge in [-0.2, -0.15) is 5.10 Å². The second kappa shape index (κ2) is 5.82. The van der Waals surface area contributed by atoms with Crippen molar-refractivity contribution in [3.05, 3.63) is 35.8 Å². The Morgan fingerprint density at radius 3 is 2.73 bits per heavy atom. The summed E-state index contributed by atoms with van der Waals surface area (Å²) in [5.41, 5.74) is 5.15. The molecule has 0 saturated carbocycles. The van der Waals surface area contributed by atoms with Crippen LogP contribution < -0.4 is 5.32 Å². The molecule has 0 radical (unpaired) electrons. The second-order valence-electron chi connectivity index (χ2n) is 6.42. The fraction of sp³-hybridized carbons (Fsp3) is 0.529. The van der Waals surface area contributed by atoms with E-state index in [1.54, 1.807) is 0 Å². The van der Waals surface area contributed by atoms with Gasteiger partial charge >= 0.3 is 0 Å². The average molecular weight is 297 g/mol. The molecule has 22 heavy (non-hydrogen) atoms. The van der Waals surface area contributed by atoms with Crippen LogP contribution in [0.4, 0.5) is 0 Å². The Morgan fingerprint density at radius 2 is 1.95 bits per heavy atom. The molecule has 0 aliphatic carbocycles. The smallest absolute Gasteiger partial charge is 0.0972 e. The van der Waals surface area contributed by atoms with E-state index in [4.69, 9.17) is 5.10 Å². The van der Waals surface area contributed by atoms with Gasteiger partial charge in [0.25, 0.3) is 0 Å². The topological polar surface area (TPSA) is 46.0 Å². The molecule has 0 aromatic carbocycles. The average Bonchev–Trinajstić information content (AvgIpc) is 2.96. The Bertz CT molecular complexity index is 641. The molecule has 0 atom stereocenters. The van der Waals surface area contributed by atoms with E-state index in [1.165, 1.54) is 42.8 Å². The van der Waals surface area contributed by atoms with Crippen LogP contribution in [0.5, 0.6) is 0 Å². The van der Waals surface area contributed by atoms with Crippen LogP contribution in [0.25, 0.3) is 11.3 Å². The third-order valence-electron chi connectivity index (χ3n) is 4.95. The number of piperidine rings is 1. The van der Waals surface area contributed by atoms with Crippen LogP contribution in [0.3, 0.4) is 0 Å². The van der Waals surface area contributed by atoms with Crippen molar-refractivity contribution in [2.45, 2.75) is 31.8 Å². The van der Waals surface area contributed by atoms with Crippen LogP contribution in [0.2, 0.25) is 0 Å². The maximum Gasteiger partial charge on any atom is 0.0972 e. The van der Waals surface area contributed by atoms with Crippen LogP contribution in [0.1, 0.15) is 30.1 Å². The lowest BCUT2D eigenvalue weighted by molar-refractivity contribution is 0.209. The van der Waals surface area contributed by atoms with E-state index >= 15 is 0 Å². The molecule has 2 aromatic heterocycles. The predicted molar refractivity (Wildman–Crippen MR) is 86.6 cm³/mol. The standard InChI is InChI=1S/C17H23N5/c1-21-10-5-14(6-11-21)22-16-4-9-19-12-15(16)17(20-22)13-2-7-18-8-3-13/h2-3,7-8,14,19H,4-6,9-12H2,1H3. The van der Waals surface area contributed by atoms with Crippen molar-refractivity contribution >= 4 is 0 Å². The molecule has 5 nitrogen and oxygen atoms in total. The van der Waals surface area contributed by atoms with Crippen molar-refractivity contribution in [2.24, 2.45) is 0 Å². The van der Waals surface area contributed by atoms with Gasteiger partial charge in [0.05, 0.1) is 11.7 Å². The first kappa shape index (κ1) is 13.9. The number of rotatable bonds is 2. The van der Waals surface area contributed by atoms with Crippen molar-refractivity contribution in [2.75, 3.05) is 26.7 Å². The van der Waals surface area contributed by atoms with E-state index in [2.05, 4.69) is 39.1 Å². The van der Waals surface area contributed by atoms with Crippen molar-refractivity contribution in [3.63, 3.8) is 0 Å². The summed E-state index contributed by atoms with van der Waals surface area (Å²) >= 11 is 0. The molecule has 2 aliphatic heterocycles. The zero-order chi connectivity index (χ0) is 14.9. The first-order valence-electron chi connectivity index (χ1n) is 8.23. The molecule has 0 spiro atoms.